The van der Waals surface area contributed by atoms with Crippen LogP contribution >= 0.6 is 11.6 Å². The summed E-state index contributed by atoms with van der Waals surface area (Å²) >= 11 is 5.89. The maximum Gasteiger partial charge on any atom is 0.248 e. The van der Waals surface area contributed by atoms with Crippen molar-refractivity contribution in [3.8, 4) is 0 Å². The topological polar surface area (TPSA) is 92.5 Å². The van der Waals surface area contributed by atoms with Crippen molar-refractivity contribution in [2.24, 2.45) is 5.92 Å². The summed E-state index contributed by atoms with van der Waals surface area (Å²) in [5, 5.41) is 7.35. The largest absolute Gasteiger partial charge is 0.355 e. The molecule has 35 heavy (non-hydrogen) atoms. The molecule has 0 atom stereocenters. The van der Waals surface area contributed by atoms with E-state index in [1.807, 2.05) is 12.1 Å². The summed E-state index contributed by atoms with van der Waals surface area (Å²) in [5.41, 5.74) is 1.46. The molecule has 0 bridgehead atoms. The summed E-state index contributed by atoms with van der Waals surface area (Å²) in [7, 11) is -3.92. The van der Waals surface area contributed by atoms with E-state index >= 15 is 0 Å². The summed E-state index contributed by atoms with van der Waals surface area (Å²) < 4.78 is 47.3. The number of aryl methyl sites for hydroxylation is 1. The standard InChI is InChI=1S/C25H25ClFN3O4S/c1-17-24(23(34-29-17)11-8-19-4-2-3-5-22(19)27)35(32,33)30-14-12-20(13-15-30)25(31)28-16-18-6-9-21(26)10-7-18/h2-11,20H,12-16H2,1H3,(H,28,31)/b11-8+. The van der Waals surface area contributed by atoms with Crippen LogP contribution in [0.4, 0.5) is 4.39 Å². The molecule has 2 aromatic carbocycles. The van der Waals surface area contributed by atoms with Gasteiger partial charge in [-0.05, 0) is 55.7 Å². The van der Waals surface area contributed by atoms with Gasteiger partial charge in [-0.2, -0.15) is 4.31 Å². The highest BCUT2D eigenvalue weighted by atomic mass is 35.5. The van der Waals surface area contributed by atoms with Crippen LogP contribution in [0.25, 0.3) is 12.2 Å². The van der Waals surface area contributed by atoms with Gasteiger partial charge in [-0.3, -0.25) is 4.79 Å². The molecule has 7 nitrogen and oxygen atoms in total. The van der Waals surface area contributed by atoms with Crippen molar-refractivity contribution in [2.45, 2.75) is 31.2 Å². The highest BCUT2D eigenvalue weighted by Gasteiger charge is 2.35. The molecule has 1 aliphatic heterocycles. The quantitative estimate of drug-likeness (QED) is 0.492. The molecule has 1 N–H and O–H groups in total. The lowest BCUT2D eigenvalue weighted by molar-refractivity contribution is -0.126. The van der Waals surface area contributed by atoms with Crippen molar-refractivity contribution in [3.05, 3.63) is 82.0 Å². The van der Waals surface area contributed by atoms with Crippen molar-refractivity contribution in [1.29, 1.82) is 0 Å². The van der Waals surface area contributed by atoms with Gasteiger partial charge >= 0.3 is 0 Å². The van der Waals surface area contributed by atoms with Crippen molar-refractivity contribution >= 4 is 39.7 Å². The van der Waals surface area contributed by atoms with Gasteiger partial charge in [-0.15, -0.1) is 0 Å². The summed E-state index contributed by atoms with van der Waals surface area (Å²) in [6, 6.07) is 13.4. The second-order valence-corrected chi connectivity index (χ2v) is 10.7. The number of hydrogen-bond donors (Lipinski definition) is 1. The highest BCUT2D eigenvalue weighted by Crippen LogP contribution is 2.29. The van der Waals surface area contributed by atoms with Crippen molar-refractivity contribution in [3.63, 3.8) is 0 Å². The average Bonchev–Trinajstić information content (AvgIpc) is 3.24. The molecule has 1 amide bonds. The molecule has 10 heteroatoms. The molecule has 1 aromatic heterocycles. The molecule has 0 spiro atoms. The average molecular weight is 518 g/mol. The van der Waals surface area contributed by atoms with Crippen LogP contribution in [0.3, 0.4) is 0 Å². The van der Waals surface area contributed by atoms with Gasteiger partial charge in [-0.1, -0.05) is 47.1 Å². The number of halogens is 2. The monoisotopic (exact) mass is 517 g/mol. The molecular weight excluding hydrogens is 493 g/mol. The molecule has 0 saturated carbocycles. The van der Waals surface area contributed by atoms with E-state index < -0.39 is 15.8 Å². The number of nitrogens with one attached hydrogen (secondary N) is 1. The molecule has 1 aliphatic rings. The highest BCUT2D eigenvalue weighted by molar-refractivity contribution is 7.89. The third-order valence-electron chi connectivity index (χ3n) is 5.96. The Labute approximate surface area is 208 Å². The van der Waals surface area contributed by atoms with Crippen LogP contribution in [0.2, 0.25) is 5.02 Å². The van der Waals surface area contributed by atoms with E-state index in [4.69, 9.17) is 16.1 Å². The third kappa shape index (κ3) is 5.80. The van der Waals surface area contributed by atoms with Crippen molar-refractivity contribution < 1.29 is 22.1 Å². The zero-order valence-electron chi connectivity index (χ0n) is 19.1. The summed E-state index contributed by atoms with van der Waals surface area (Å²) in [6.07, 6.45) is 3.65. The van der Waals surface area contributed by atoms with Gasteiger partial charge < -0.3 is 9.84 Å². The van der Waals surface area contributed by atoms with Crippen LogP contribution in [0.15, 0.2) is 57.9 Å². The number of aromatic nitrogens is 1. The van der Waals surface area contributed by atoms with Gasteiger partial charge in [0, 0.05) is 36.1 Å². The number of sulfonamides is 1. The Morgan fingerprint density at radius 2 is 1.86 bits per heavy atom. The molecule has 1 saturated heterocycles. The summed E-state index contributed by atoms with van der Waals surface area (Å²) in [4.78, 5) is 12.6. The number of amides is 1. The van der Waals surface area contributed by atoms with E-state index in [2.05, 4.69) is 10.5 Å². The molecule has 0 unspecified atom stereocenters. The Morgan fingerprint density at radius 1 is 1.17 bits per heavy atom. The number of carbonyl (C=O) groups is 1. The van der Waals surface area contributed by atoms with Crippen LogP contribution in [0.1, 0.15) is 35.4 Å². The smallest absolute Gasteiger partial charge is 0.248 e. The van der Waals surface area contributed by atoms with E-state index in [1.165, 1.54) is 22.5 Å². The predicted molar refractivity (Wildman–Crippen MR) is 131 cm³/mol. The second-order valence-electron chi connectivity index (χ2n) is 8.34. The lowest BCUT2D eigenvalue weighted by Crippen LogP contribution is -2.43. The van der Waals surface area contributed by atoms with E-state index in [1.54, 1.807) is 37.3 Å². The fourth-order valence-corrected chi connectivity index (χ4v) is 5.84. The minimum absolute atomic E-state index is 0.0357. The first-order valence-corrected chi connectivity index (χ1v) is 13.0. The lowest BCUT2D eigenvalue weighted by Gasteiger charge is -2.30. The number of benzene rings is 2. The molecule has 4 rings (SSSR count). The zero-order valence-corrected chi connectivity index (χ0v) is 20.7. The van der Waals surface area contributed by atoms with E-state index in [0.29, 0.717) is 30.0 Å². The Hall–Kier alpha value is -3.01. The van der Waals surface area contributed by atoms with E-state index in [-0.39, 0.29) is 41.3 Å². The van der Waals surface area contributed by atoms with E-state index in [0.717, 1.165) is 5.56 Å². The van der Waals surface area contributed by atoms with Crippen LogP contribution in [-0.4, -0.2) is 36.9 Å². The lowest BCUT2D eigenvalue weighted by atomic mass is 9.97. The Balaban J connectivity index is 1.41. The minimum atomic E-state index is -3.92. The van der Waals surface area contributed by atoms with Crippen LogP contribution in [0.5, 0.6) is 0 Å². The molecular formula is C25H25ClFN3O4S. The first kappa shape index (κ1) is 25.1. The van der Waals surface area contributed by atoms with Gasteiger partial charge in [0.15, 0.2) is 10.7 Å². The van der Waals surface area contributed by atoms with Gasteiger partial charge in [0.2, 0.25) is 15.9 Å². The fourth-order valence-electron chi connectivity index (χ4n) is 4.00. The number of piperidine rings is 1. The van der Waals surface area contributed by atoms with Gasteiger partial charge in [0.05, 0.1) is 0 Å². The Morgan fingerprint density at radius 3 is 2.54 bits per heavy atom. The maximum atomic E-state index is 13.9. The first-order valence-electron chi connectivity index (χ1n) is 11.2. The molecule has 3 aromatic rings. The minimum Gasteiger partial charge on any atom is -0.355 e. The third-order valence-corrected chi connectivity index (χ3v) is 8.26. The molecule has 0 aliphatic carbocycles. The van der Waals surface area contributed by atoms with E-state index in [9.17, 15) is 17.6 Å². The molecule has 184 valence electrons. The maximum absolute atomic E-state index is 13.9. The predicted octanol–water partition coefficient (Wildman–Crippen LogP) is 4.66. The van der Waals surface area contributed by atoms with Gasteiger partial charge in [0.1, 0.15) is 11.5 Å². The molecule has 1 fully saturated rings. The zero-order chi connectivity index (χ0) is 25.0. The SMILES string of the molecule is Cc1noc(/C=C/c2ccccc2F)c1S(=O)(=O)N1CCC(C(=O)NCc2ccc(Cl)cc2)CC1. The van der Waals surface area contributed by atoms with Crippen molar-refractivity contribution in [2.75, 3.05) is 13.1 Å². The molecule has 0 radical (unpaired) electrons. The molecule has 2 heterocycles. The number of nitrogens with zero attached hydrogens (tertiary/aromatic N) is 2. The summed E-state index contributed by atoms with van der Waals surface area (Å²) in [6.45, 7) is 2.32. The first-order chi connectivity index (χ1) is 16.8. The van der Waals surface area contributed by atoms with Crippen LogP contribution in [-0.2, 0) is 21.4 Å². The van der Waals surface area contributed by atoms with Gasteiger partial charge in [0.25, 0.3) is 0 Å². The summed E-state index contributed by atoms with van der Waals surface area (Å²) in [5.74, 6) is -0.779. The van der Waals surface area contributed by atoms with Gasteiger partial charge in [-0.25, -0.2) is 12.8 Å². The number of carbonyl (C=O) groups excluding carboxylic acids is 1. The normalized spacial score (nSPS) is 15.5. The number of rotatable bonds is 7. The van der Waals surface area contributed by atoms with Crippen molar-refractivity contribution in [1.82, 2.24) is 14.8 Å². The van der Waals surface area contributed by atoms with Crippen LogP contribution in [0, 0.1) is 18.7 Å². The number of hydrogen-bond acceptors (Lipinski definition) is 5. The fraction of sp³-hybridized carbons (Fsp3) is 0.280. The van der Waals surface area contributed by atoms with Crippen LogP contribution < -0.4 is 5.32 Å². The Kier molecular flexibility index (Phi) is 7.69. The second kappa shape index (κ2) is 10.7. The Bertz CT molecular complexity index is 1330.